The Labute approximate surface area is 166 Å². The third-order valence-corrected chi connectivity index (χ3v) is 4.53. The van der Waals surface area contributed by atoms with E-state index in [2.05, 4.69) is 6.92 Å². The lowest BCUT2D eigenvalue weighted by atomic mass is 9.92. The molecule has 2 aromatic carbocycles. The highest BCUT2D eigenvalue weighted by Crippen LogP contribution is 2.29. The maximum absolute atomic E-state index is 12.0. The van der Waals surface area contributed by atoms with Gasteiger partial charge in [-0.2, -0.15) is 0 Å². The Morgan fingerprint density at radius 3 is 2.19 bits per heavy atom. The third-order valence-electron chi connectivity index (χ3n) is 4.28. The molecule has 0 saturated heterocycles. The molecule has 1 N–H and O–H groups in total. The summed E-state index contributed by atoms with van der Waals surface area (Å²) in [6.07, 6.45) is 4.10. The number of hydrogen-bond acceptors (Lipinski definition) is 4. The van der Waals surface area contributed by atoms with E-state index in [1.54, 1.807) is 55.5 Å². The van der Waals surface area contributed by atoms with Gasteiger partial charge in [-0.05, 0) is 55.3 Å². The molecule has 0 saturated carbocycles. The molecule has 2 aromatic rings. The number of carbonyl (C=O) groups is 1. The average molecular weight is 391 g/mol. The number of hydrogen-bond donors (Lipinski definition) is 1. The smallest absolute Gasteiger partial charge is 0.309 e. The molecule has 27 heavy (non-hydrogen) atoms. The summed E-state index contributed by atoms with van der Waals surface area (Å²) in [5.74, 6) is 0.916. The minimum atomic E-state index is -1.29. The van der Waals surface area contributed by atoms with Crippen molar-refractivity contribution in [2.24, 2.45) is 0 Å². The Morgan fingerprint density at radius 2 is 1.59 bits per heavy atom. The van der Waals surface area contributed by atoms with Gasteiger partial charge in [0.05, 0.1) is 18.6 Å². The van der Waals surface area contributed by atoms with Gasteiger partial charge in [0.15, 0.2) is 0 Å². The van der Waals surface area contributed by atoms with E-state index < -0.39 is 11.6 Å². The molecule has 0 bridgehead atoms. The Morgan fingerprint density at radius 1 is 1.00 bits per heavy atom. The van der Waals surface area contributed by atoms with Crippen LogP contribution in [0, 0.1) is 0 Å². The summed E-state index contributed by atoms with van der Waals surface area (Å²) in [6.45, 7) is 4.15. The lowest BCUT2D eigenvalue weighted by molar-refractivity contribution is -0.149. The van der Waals surface area contributed by atoms with Gasteiger partial charge in [-0.1, -0.05) is 49.9 Å². The van der Waals surface area contributed by atoms with Crippen LogP contribution in [-0.2, 0) is 15.1 Å². The number of unbranched alkanes of at least 4 members (excludes halogenated alkanes) is 3. The van der Waals surface area contributed by atoms with Gasteiger partial charge in [-0.3, -0.25) is 4.79 Å². The molecule has 2 rings (SSSR count). The van der Waals surface area contributed by atoms with Crippen LogP contribution in [0.5, 0.6) is 11.5 Å². The zero-order valence-corrected chi connectivity index (χ0v) is 16.7. The summed E-state index contributed by atoms with van der Waals surface area (Å²) in [7, 11) is 0. The van der Waals surface area contributed by atoms with E-state index in [0.717, 1.165) is 25.7 Å². The minimum absolute atomic E-state index is 0.0852. The Bertz CT molecular complexity index is 708. The number of aliphatic hydroxyl groups is 1. The van der Waals surface area contributed by atoms with Gasteiger partial charge in [-0.25, -0.2) is 0 Å². The van der Waals surface area contributed by atoms with Crippen molar-refractivity contribution in [1.29, 1.82) is 0 Å². The topological polar surface area (TPSA) is 55.8 Å². The van der Waals surface area contributed by atoms with Crippen molar-refractivity contribution in [1.82, 2.24) is 0 Å². The first-order valence-corrected chi connectivity index (χ1v) is 9.70. The summed E-state index contributed by atoms with van der Waals surface area (Å²) in [5.41, 5.74) is -0.659. The number of esters is 1. The van der Waals surface area contributed by atoms with Crippen molar-refractivity contribution in [3.05, 3.63) is 59.1 Å². The Hall–Kier alpha value is -2.04. The van der Waals surface area contributed by atoms with Gasteiger partial charge in [0.25, 0.3) is 0 Å². The molecule has 146 valence electrons. The van der Waals surface area contributed by atoms with Crippen molar-refractivity contribution in [2.75, 3.05) is 6.61 Å². The van der Waals surface area contributed by atoms with Crippen LogP contribution in [0.2, 0.25) is 5.02 Å². The molecule has 0 radical (unpaired) electrons. The number of halogens is 1. The van der Waals surface area contributed by atoms with Gasteiger partial charge in [-0.15, -0.1) is 0 Å². The Kier molecular flexibility index (Phi) is 8.14. The zero-order chi connectivity index (χ0) is 19.7. The summed E-state index contributed by atoms with van der Waals surface area (Å²) < 4.78 is 11.0. The highest BCUT2D eigenvalue weighted by atomic mass is 35.5. The third kappa shape index (κ3) is 7.24. The van der Waals surface area contributed by atoms with Crippen LogP contribution in [0.3, 0.4) is 0 Å². The van der Waals surface area contributed by atoms with Crippen molar-refractivity contribution >= 4 is 17.6 Å². The van der Waals surface area contributed by atoms with Gasteiger partial charge in [0.2, 0.25) is 0 Å². The number of rotatable bonds is 10. The molecule has 4 nitrogen and oxygen atoms in total. The SMILES string of the molecule is CCCCCCOC(=O)CC(C)(O)c1ccc(Oc2ccc(Cl)cc2)cc1. The normalized spacial score (nSPS) is 13.0. The first-order valence-electron chi connectivity index (χ1n) is 9.32. The quantitative estimate of drug-likeness (QED) is 0.408. The lowest BCUT2D eigenvalue weighted by Gasteiger charge is -2.23. The molecular formula is C22H27ClO4. The molecule has 0 spiro atoms. The summed E-state index contributed by atoms with van der Waals surface area (Å²) in [6, 6.07) is 14.1. The molecule has 0 aliphatic rings. The van der Waals surface area contributed by atoms with Crippen LogP contribution in [0.25, 0.3) is 0 Å². The number of carbonyl (C=O) groups excluding carboxylic acids is 1. The van der Waals surface area contributed by atoms with E-state index in [9.17, 15) is 9.90 Å². The van der Waals surface area contributed by atoms with Gasteiger partial charge < -0.3 is 14.6 Å². The monoisotopic (exact) mass is 390 g/mol. The highest BCUT2D eigenvalue weighted by molar-refractivity contribution is 6.30. The largest absolute Gasteiger partial charge is 0.466 e. The zero-order valence-electron chi connectivity index (χ0n) is 15.9. The van der Waals surface area contributed by atoms with Crippen LogP contribution < -0.4 is 4.74 Å². The maximum atomic E-state index is 12.0. The minimum Gasteiger partial charge on any atom is -0.466 e. The maximum Gasteiger partial charge on any atom is 0.309 e. The van der Waals surface area contributed by atoms with Gasteiger partial charge in [0, 0.05) is 5.02 Å². The summed E-state index contributed by atoms with van der Waals surface area (Å²) in [4.78, 5) is 12.0. The van der Waals surface area contributed by atoms with Crippen molar-refractivity contribution in [3.63, 3.8) is 0 Å². The second-order valence-corrected chi connectivity index (χ2v) is 7.25. The van der Waals surface area contributed by atoms with Crippen LogP contribution >= 0.6 is 11.6 Å². The van der Waals surface area contributed by atoms with E-state index >= 15 is 0 Å². The second kappa shape index (κ2) is 10.3. The van der Waals surface area contributed by atoms with Gasteiger partial charge >= 0.3 is 5.97 Å². The van der Waals surface area contributed by atoms with Crippen molar-refractivity contribution in [2.45, 2.75) is 51.6 Å². The summed E-state index contributed by atoms with van der Waals surface area (Å²) >= 11 is 5.86. The number of benzene rings is 2. The molecule has 0 fully saturated rings. The number of ether oxygens (including phenoxy) is 2. The second-order valence-electron chi connectivity index (χ2n) is 6.81. The van der Waals surface area contributed by atoms with E-state index in [-0.39, 0.29) is 6.42 Å². The predicted molar refractivity (Wildman–Crippen MR) is 107 cm³/mol. The van der Waals surface area contributed by atoms with E-state index in [1.807, 2.05) is 0 Å². The van der Waals surface area contributed by atoms with E-state index in [4.69, 9.17) is 21.1 Å². The van der Waals surface area contributed by atoms with E-state index in [0.29, 0.717) is 28.7 Å². The molecular weight excluding hydrogens is 364 g/mol. The fraction of sp³-hybridized carbons (Fsp3) is 0.409. The fourth-order valence-electron chi connectivity index (χ4n) is 2.67. The molecule has 1 atom stereocenters. The lowest BCUT2D eigenvalue weighted by Crippen LogP contribution is -2.26. The average Bonchev–Trinajstić information content (AvgIpc) is 2.63. The van der Waals surface area contributed by atoms with Gasteiger partial charge in [0.1, 0.15) is 11.5 Å². The Balaban J connectivity index is 1.88. The highest BCUT2D eigenvalue weighted by Gasteiger charge is 2.27. The first kappa shape index (κ1) is 21.3. The van der Waals surface area contributed by atoms with Crippen LogP contribution in [0.1, 0.15) is 51.5 Å². The molecule has 5 heteroatoms. The molecule has 0 heterocycles. The van der Waals surface area contributed by atoms with Crippen molar-refractivity contribution < 1.29 is 19.4 Å². The molecule has 0 aliphatic heterocycles. The first-order chi connectivity index (χ1) is 12.9. The van der Waals surface area contributed by atoms with Crippen molar-refractivity contribution in [3.8, 4) is 11.5 Å². The van der Waals surface area contributed by atoms with Crippen LogP contribution in [-0.4, -0.2) is 17.7 Å². The molecule has 1 unspecified atom stereocenters. The molecule has 0 aliphatic carbocycles. The van der Waals surface area contributed by atoms with E-state index in [1.165, 1.54) is 0 Å². The van der Waals surface area contributed by atoms with Crippen LogP contribution in [0.15, 0.2) is 48.5 Å². The summed E-state index contributed by atoms with van der Waals surface area (Å²) in [5, 5.41) is 11.3. The predicted octanol–water partition coefficient (Wildman–Crippen LogP) is 5.85. The fourth-order valence-corrected chi connectivity index (χ4v) is 2.80. The molecule has 0 amide bonds. The van der Waals surface area contributed by atoms with Crippen LogP contribution in [0.4, 0.5) is 0 Å². The standard InChI is InChI=1S/C22H27ClO4/c1-3-4-5-6-15-26-21(24)16-22(2,25)17-7-11-19(12-8-17)27-20-13-9-18(23)10-14-20/h7-14,25H,3-6,15-16H2,1-2H3. The molecule has 0 aromatic heterocycles.